The number of aliphatic hydroxyl groups is 2. The summed E-state index contributed by atoms with van der Waals surface area (Å²) in [6.07, 6.45) is 11.3. The molecule has 34 heavy (non-hydrogen) atoms. The van der Waals surface area contributed by atoms with Gasteiger partial charge in [-0.1, -0.05) is 45.1 Å². The van der Waals surface area contributed by atoms with Crippen molar-refractivity contribution in [2.75, 3.05) is 26.8 Å². The Morgan fingerprint density at radius 3 is 2.38 bits per heavy atom. The Morgan fingerprint density at radius 1 is 1.09 bits per heavy atom. The molecule has 3 atom stereocenters. The summed E-state index contributed by atoms with van der Waals surface area (Å²) in [5.74, 6) is 2.89. The van der Waals surface area contributed by atoms with E-state index in [2.05, 4.69) is 0 Å². The van der Waals surface area contributed by atoms with Crippen molar-refractivity contribution in [2.45, 2.75) is 89.8 Å². The topological polar surface area (TPSA) is 79.2 Å². The Hall–Kier alpha value is -1.79. The Labute approximate surface area is 204 Å². The molecule has 1 aliphatic heterocycles. The number of methoxy groups -OCH3 is 1. The van der Waals surface area contributed by atoms with Crippen LogP contribution in [0.2, 0.25) is 0 Å². The van der Waals surface area contributed by atoms with Crippen molar-refractivity contribution in [3.63, 3.8) is 0 Å². The molecule has 1 aromatic carbocycles. The predicted octanol–water partition coefficient (Wildman–Crippen LogP) is 4.52. The van der Waals surface area contributed by atoms with Crippen LogP contribution in [0.15, 0.2) is 18.2 Å². The number of carbonyl (C=O) groups is 1. The highest BCUT2D eigenvalue weighted by Gasteiger charge is 2.48. The zero-order valence-corrected chi connectivity index (χ0v) is 21.2. The van der Waals surface area contributed by atoms with Crippen molar-refractivity contribution < 1.29 is 24.5 Å². The SMILES string of the molecule is COc1ccc([C@@H]2CN(C(=O)CO)C[C@@]2(C)[C@@H](C)O)cc1OC1CCC(C2CCCCC2)CC1. The van der Waals surface area contributed by atoms with E-state index in [4.69, 9.17) is 9.47 Å². The van der Waals surface area contributed by atoms with Crippen LogP contribution in [0.5, 0.6) is 11.5 Å². The third kappa shape index (κ3) is 5.23. The number of aliphatic hydroxyl groups excluding tert-OH is 2. The minimum atomic E-state index is -0.601. The maximum Gasteiger partial charge on any atom is 0.248 e. The number of rotatable bonds is 7. The van der Waals surface area contributed by atoms with E-state index in [1.54, 1.807) is 18.9 Å². The molecule has 0 radical (unpaired) electrons. The molecule has 0 unspecified atom stereocenters. The molecule has 0 bridgehead atoms. The molecule has 4 rings (SSSR count). The number of ether oxygens (including phenoxy) is 2. The first kappa shape index (κ1) is 25.3. The lowest BCUT2D eigenvalue weighted by molar-refractivity contribution is -0.133. The summed E-state index contributed by atoms with van der Waals surface area (Å²) in [6.45, 7) is 4.18. The monoisotopic (exact) mass is 473 g/mol. The van der Waals surface area contributed by atoms with Crippen molar-refractivity contribution in [2.24, 2.45) is 17.3 Å². The largest absolute Gasteiger partial charge is 0.493 e. The van der Waals surface area contributed by atoms with Gasteiger partial charge < -0.3 is 24.6 Å². The zero-order valence-electron chi connectivity index (χ0n) is 21.2. The predicted molar refractivity (Wildman–Crippen MR) is 132 cm³/mol. The van der Waals surface area contributed by atoms with Gasteiger partial charge in [-0.25, -0.2) is 0 Å². The summed E-state index contributed by atoms with van der Waals surface area (Å²) in [4.78, 5) is 13.9. The normalized spacial score (nSPS) is 31.3. The lowest BCUT2D eigenvalue weighted by atomic mass is 9.72. The molecular weight excluding hydrogens is 430 g/mol. The van der Waals surface area contributed by atoms with E-state index in [1.165, 1.54) is 44.9 Å². The van der Waals surface area contributed by atoms with Gasteiger partial charge in [0, 0.05) is 24.4 Å². The Bertz CT molecular complexity index is 828. The number of likely N-dealkylation sites (tertiary alicyclic amines) is 1. The van der Waals surface area contributed by atoms with E-state index in [9.17, 15) is 15.0 Å². The standard InChI is InChI=1S/C28H43NO5/c1-19(31)28(2)18-29(27(32)17-30)16-24(28)22-11-14-25(33-3)26(15-22)34-23-12-9-21(10-13-23)20-7-5-4-6-8-20/h11,14-15,19-21,23-24,30-31H,4-10,12-13,16-18H2,1-3H3/t19-,21?,23?,24+,28+/m1/s1. The second-order valence-electron chi connectivity index (χ2n) is 11.1. The highest BCUT2D eigenvalue weighted by atomic mass is 16.5. The maximum atomic E-state index is 12.2. The van der Waals surface area contributed by atoms with Crippen LogP contribution in [0.4, 0.5) is 0 Å². The number of nitrogens with zero attached hydrogens (tertiary/aromatic N) is 1. The Balaban J connectivity index is 1.48. The molecule has 1 amide bonds. The zero-order chi connectivity index (χ0) is 24.3. The van der Waals surface area contributed by atoms with Gasteiger partial charge >= 0.3 is 0 Å². The summed E-state index contributed by atoms with van der Waals surface area (Å²) in [6, 6.07) is 6.01. The molecule has 1 aromatic rings. The molecule has 2 aliphatic carbocycles. The first-order valence-corrected chi connectivity index (χ1v) is 13.3. The molecule has 190 valence electrons. The first-order chi connectivity index (χ1) is 16.4. The summed E-state index contributed by atoms with van der Waals surface area (Å²) in [7, 11) is 1.67. The van der Waals surface area contributed by atoms with E-state index >= 15 is 0 Å². The number of amides is 1. The van der Waals surface area contributed by atoms with Gasteiger partial charge in [-0.3, -0.25) is 4.79 Å². The second kappa shape index (κ2) is 10.9. The fraction of sp³-hybridized carbons (Fsp3) is 0.750. The van der Waals surface area contributed by atoms with Gasteiger partial charge in [0.25, 0.3) is 0 Å². The molecule has 6 heteroatoms. The van der Waals surface area contributed by atoms with Gasteiger partial charge in [-0.15, -0.1) is 0 Å². The van der Waals surface area contributed by atoms with Gasteiger partial charge in [0.05, 0.1) is 19.3 Å². The van der Waals surface area contributed by atoms with Gasteiger partial charge in [0.2, 0.25) is 5.91 Å². The molecule has 0 spiro atoms. The smallest absolute Gasteiger partial charge is 0.248 e. The molecule has 2 saturated carbocycles. The molecule has 3 aliphatic rings. The summed E-state index contributed by atoms with van der Waals surface area (Å²) in [5.41, 5.74) is 0.526. The van der Waals surface area contributed by atoms with Crippen LogP contribution < -0.4 is 9.47 Å². The number of hydrogen-bond acceptors (Lipinski definition) is 5. The average molecular weight is 474 g/mol. The molecule has 1 saturated heterocycles. The molecule has 2 N–H and O–H groups in total. The van der Waals surface area contributed by atoms with Crippen LogP contribution in [0.25, 0.3) is 0 Å². The maximum absolute atomic E-state index is 12.2. The third-order valence-electron chi connectivity index (χ3n) is 9.09. The average Bonchev–Trinajstić information content (AvgIpc) is 3.23. The van der Waals surface area contributed by atoms with Crippen LogP contribution in [0, 0.1) is 17.3 Å². The summed E-state index contributed by atoms with van der Waals surface area (Å²) >= 11 is 0. The van der Waals surface area contributed by atoms with E-state index < -0.39 is 18.1 Å². The summed E-state index contributed by atoms with van der Waals surface area (Å²) in [5, 5.41) is 20.0. The number of benzene rings is 1. The molecule has 3 fully saturated rings. The highest BCUT2D eigenvalue weighted by molar-refractivity contribution is 5.77. The van der Waals surface area contributed by atoms with Crippen LogP contribution in [0.1, 0.15) is 83.1 Å². The van der Waals surface area contributed by atoms with Crippen molar-refractivity contribution >= 4 is 5.91 Å². The fourth-order valence-electron chi connectivity index (χ4n) is 6.68. The second-order valence-corrected chi connectivity index (χ2v) is 11.1. The lowest BCUT2D eigenvalue weighted by Gasteiger charge is -2.36. The van der Waals surface area contributed by atoms with E-state index in [1.807, 2.05) is 25.1 Å². The Morgan fingerprint density at radius 2 is 1.76 bits per heavy atom. The number of carbonyl (C=O) groups excluding carboxylic acids is 1. The third-order valence-corrected chi connectivity index (χ3v) is 9.09. The van der Waals surface area contributed by atoms with Crippen LogP contribution in [-0.4, -0.2) is 60.0 Å². The van der Waals surface area contributed by atoms with Crippen LogP contribution >= 0.6 is 0 Å². The Kier molecular flexibility index (Phi) is 8.08. The van der Waals surface area contributed by atoms with Crippen LogP contribution in [0.3, 0.4) is 0 Å². The van der Waals surface area contributed by atoms with Gasteiger partial charge in [-0.2, -0.15) is 0 Å². The van der Waals surface area contributed by atoms with Gasteiger partial charge in [0.15, 0.2) is 11.5 Å². The quantitative estimate of drug-likeness (QED) is 0.609. The van der Waals surface area contributed by atoms with Crippen molar-refractivity contribution in [1.82, 2.24) is 4.90 Å². The molecule has 0 aromatic heterocycles. The van der Waals surface area contributed by atoms with Crippen molar-refractivity contribution in [3.8, 4) is 11.5 Å². The summed E-state index contributed by atoms with van der Waals surface area (Å²) < 4.78 is 12.2. The van der Waals surface area contributed by atoms with E-state index in [0.29, 0.717) is 13.1 Å². The van der Waals surface area contributed by atoms with Gasteiger partial charge in [-0.05, 0) is 62.1 Å². The minimum Gasteiger partial charge on any atom is -0.493 e. The lowest BCUT2D eigenvalue weighted by Crippen LogP contribution is -2.38. The fourth-order valence-corrected chi connectivity index (χ4v) is 6.68. The first-order valence-electron chi connectivity index (χ1n) is 13.3. The molecule has 1 heterocycles. The minimum absolute atomic E-state index is 0.0571. The van der Waals surface area contributed by atoms with E-state index in [-0.39, 0.29) is 17.9 Å². The van der Waals surface area contributed by atoms with Crippen molar-refractivity contribution in [1.29, 1.82) is 0 Å². The van der Waals surface area contributed by atoms with Crippen LogP contribution in [-0.2, 0) is 4.79 Å². The highest BCUT2D eigenvalue weighted by Crippen LogP contribution is 2.47. The number of hydrogen-bond donors (Lipinski definition) is 2. The van der Waals surface area contributed by atoms with Crippen molar-refractivity contribution in [3.05, 3.63) is 23.8 Å². The van der Waals surface area contributed by atoms with Gasteiger partial charge in [0.1, 0.15) is 6.61 Å². The van der Waals surface area contributed by atoms with E-state index in [0.717, 1.165) is 41.7 Å². The molecular formula is C28H43NO5. The molecule has 6 nitrogen and oxygen atoms in total.